The van der Waals surface area contributed by atoms with Crippen molar-refractivity contribution >= 4 is 17.5 Å². The highest BCUT2D eigenvalue weighted by Crippen LogP contribution is 2.17. The van der Waals surface area contributed by atoms with Crippen molar-refractivity contribution in [1.82, 2.24) is 14.9 Å². The highest BCUT2D eigenvalue weighted by molar-refractivity contribution is 6.01. The third kappa shape index (κ3) is 2.78. The number of aromatic nitrogens is 2. The van der Waals surface area contributed by atoms with Gasteiger partial charge in [-0.3, -0.25) is 19.6 Å². The minimum absolute atomic E-state index is 0.0513. The molecule has 0 saturated carbocycles. The molecule has 3 heterocycles. The van der Waals surface area contributed by atoms with E-state index in [2.05, 4.69) is 9.97 Å². The molecule has 1 saturated heterocycles. The fourth-order valence-electron chi connectivity index (χ4n) is 2.34. The SMILES string of the molecule is O=C(c1cncc(F)c1)N1CCN(c2cccnc2)C(=O)C1. The number of anilines is 1. The van der Waals surface area contributed by atoms with Gasteiger partial charge in [0.05, 0.1) is 23.6 Å². The first-order valence-corrected chi connectivity index (χ1v) is 6.75. The van der Waals surface area contributed by atoms with Crippen molar-refractivity contribution in [3.63, 3.8) is 0 Å². The first kappa shape index (κ1) is 14.1. The van der Waals surface area contributed by atoms with Crippen molar-refractivity contribution in [1.29, 1.82) is 0 Å². The van der Waals surface area contributed by atoms with Gasteiger partial charge in [-0.15, -0.1) is 0 Å². The summed E-state index contributed by atoms with van der Waals surface area (Å²) in [7, 11) is 0. The zero-order valence-corrected chi connectivity index (χ0v) is 11.6. The van der Waals surface area contributed by atoms with E-state index in [1.54, 1.807) is 29.4 Å². The van der Waals surface area contributed by atoms with Gasteiger partial charge in [-0.05, 0) is 18.2 Å². The van der Waals surface area contributed by atoms with Crippen molar-refractivity contribution in [2.45, 2.75) is 0 Å². The van der Waals surface area contributed by atoms with Crippen molar-refractivity contribution in [3.05, 3.63) is 54.4 Å². The summed E-state index contributed by atoms with van der Waals surface area (Å²) in [6.45, 7) is 0.694. The molecule has 1 aliphatic heterocycles. The maximum absolute atomic E-state index is 13.1. The standard InChI is InChI=1S/C15H13FN4O2/c16-12-6-11(7-18-8-12)15(22)19-4-5-20(14(21)10-19)13-2-1-3-17-9-13/h1-3,6-9H,4-5,10H2. The number of carbonyl (C=O) groups is 2. The maximum Gasteiger partial charge on any atom is 0.256 e. The number of hydrogen-bond acceptors (Lipinski definition) is 4. The summed E-state index contributed by atoms with van der Waals surface area (Å²) in [5, 5.41) is 0. The molecule has 0 atom stereocenters. The van der Waals surface area contributed by atoms with Crippen molar-refractivity contribution in [2.75, 3.05) is 24.5 Å². The first-order valence-electron chi connectivity index (χ1n) is 6.75. The van der Waals surface area contributed by atoms with Crippen LogP contribution in [0.2, 0.25) is 0 Å². The first-order chi connectivity index (χ1) is 10.6. The molecule has 112 valence electrons. The molecule has 3 rings (SSSR count). The van der Waals surface area contributed by atoms with E-state index in [4.69, 9.17) is 0 Å². The molecule has 7 heteroatoms. The average molecular weight is 300 g/mol. The lowest BCUT2D eigenvalue weighted by Gasteiger charge is -2.34. The van der Waals surface area contributed by atoms with Crippen molar-refractivity contribution in [3.8, 4) is 0 Å². The third-order valence-electron chi connectivity index (χ3n) is 3.42. The summed E-state index contributed by atoms with van der Waals surface area (Å²) >= 11 is 0. The van der Waals surface area contributed by atoms with Crippen LogP contribution < -0.4 is 4.90 Å². The highest BCUT2D eigenvalue weighted by Gasteiger charge is 2.28. The van der Waals surface area contributed by atoms with Gasteiger partial charge in [-0.1, -0.05) is 0 Å². The number of nitrogens with zero attached hydrogens (tertiary/aromatic N) is 4. The molecule has 2 aromatic rings. The van der Waals surface area contributed by atoms with Crippen LogP contribution in [0.1, 0.15) is 10.4 Å². The lowest BCUT2D eigenvalue weighted by molar-refractivity contribution is -0.120. The molecule has 22 heavy (non-hydrogen) atoms. The van der Waals surface area contributed by atoms with Gasteiger partial charge in [0.2, 0.25) is 5.91 Å². The number of hydrogen-bond donors (Lipinski definition) is 0. The summed E-state index contributed by atoms with van der Waals surface area (Å²) in [6.07, 6.45) is 5.56. The van der Waals surface area contributed by atoms with Crippen LogP contribution in [0.25, 0.3) is 0 Å². The molecule has 6 nitrogen and oxygen atoms in total. The van der Waals surface area contributed by atoms with E-state index in [1.807, 2.05) is 0 Å². The van der Waals surface area contributed by atoms with Crippen LogP contribution in [0.4, 0.5) is 10.1 Å². The number of amides is 2. The van der Waals surface area contributed by atoms with Crippen LogP contribution in [0, 0.1) is 5.82 Å². The monoisotopic (exact) mass is 300 g/mol. The Hall–Kier alpha value is -2.83. The topological polar surface area (TPSA) is 66.4 Å². The highest BCUT2D eigenvalue weighted by atomic mass is 19.1. The van der Waals surface area contributed by atoms with Gasteiger partial charge in [0.1, 0.15) is 12.4 Å². The molecular weight excluding hydrogens is 287 g/mol. The molecule has 2 amide bonds. The van der Waals surface area contributed by atoms with E-state index in [0.717, 1.165) is 12.3 Å². The molecule has 1 aliphatic rings. The predicted octanol–water partition coefficient (Wildman–Crippen LogP) is 1.10. The second-order valence-electron chi connectivity index (χ2n) is 4.88. The molecule has 2 aromatic heterocycles. The lowest BCUT2D eigenvalue weighted by atomic mass is 10.2. The molecule has 0 spiro atoms. The van der Waals surface area contributed by atoms with Crippen LogP contribution in [-0.4, -0.2) is 46.3 Å². The summed E-state index contributed by atoms with van der Waals surface area (Å²) in [5.74, 6) is -1.17. The van der Waals surface area contributed by atoms with Crippen LogP contribution in [0.15, 0.2) is 43.0 Å². The Morgan fingerprint density at radius 3 is 2.73 bits per heavy atom. The lowest BCUT2D eigenvalue weighted by Crippen LogP contribution is -2.52. The summed E-state index contributed by atoms with van der Waals surface area (Å²) < 4.78 is 13.1. The molecule has 0 N–H and O–H groups in total. The average Bonchev–Trinajstić information content (AvgIpc) is 2.55. The molecule has 0 bridgehead atoms. The largest absolute Gasteiger partial charge is 0.327 e. The number of pyridine rings is 2. The normalized spacial score (nSPS) is 15.0. The number of halogens is 1. The summed E-state index contributed by atoms with van der Waals surface area (Å²) in [5.41, 5.74) is 0.842. The van der Waals surface area contributed by atoms with Crippen LogP contribution >= 0.6 is 0 Å². The van der Waals surface area contributed by atoms with Gasteiger partial charge < -0.3 is 9.80 Å². The van der Waals surface area contributed by atoms with Gasteiger partial charge in [0.15, 0.2) is 0 Å². The fraction of sp³-hybridized carbons (Fsp3) is 0.200. The van der Waals surface area contributed by atoms with Crippen LogP contribution in [0.3, 0.4) is 0 Å². The second kappa shape index (κ2) is 5.88. The fourth-order valence-corrected chi connectivity index (χ4v) is 2.34. The van der Waals surface area contributed by atoms with E-state index >= 15 is 0 Å². The number of carbonyl (C=O) groups excluding carboxylic acids is 2. The van der Waals surface area contributed by atoms with E-state index in [0.29, 0.717) is 18.8 Å². The predicted molar refractivity (Wildman–Crippen MR) is 76.7 cm³/mol. The molecule has 1 fully saturated rings. The van der Waals surface area contributed by atoms with Crippen molar-refractivity contribution < 1.29 is 14.0 Å². The number of rotatable bonds is 2. The van der Waals surface area contributed by atoms with E-state index in [-0.39, 0.29) is 18.0 Å². The number of piperazine rings is 1. The van der Waals surface area contributed by atoms with Crippen LogP contribution in [-0.2, 0) is 4.79 Å². The molecular formula is C15H13FN4O2. The van der Waals surface area contributed by atoms with Gasteiger partial charge in [0.25, 0.3) is 5.91 Å². The van der Waals surface area contributed by atoms with Gasteiger partial charge in [0, 0.05) is 25.5 Å². The zero-order valence-electron chi connectivity index (χ0n) is 11.6. The maximum atomic E-state index is 13.1. The minimum Gasteiger partial charge on any atom is -0.327 e. The summed E-state index contributed by atoms with van der Waals surface area (Å²) in [4.78, 5) is 35.1. The third-order valence-corrected chi connectivity index (χ3v) is 3.42. The van der Waals surface area contributed by atoms with Crippen molar-refractivity contribution in [2.24, 2.45) is 0 Å². The summed E-state index contributed by atoms with van der Waals surface area (Å²) in [6, 6.07) is 4.66. The Morgan fingerprint density at radius 1 is 1.18 bits per heavy atom. The minimum atomic E-state index is -0.578. The smallest absolute Gasteiger partial charge is 0.256 e. The van der Waals surface area contributed by atoms with E-state index < -0.39 is 11.7 Å². The van der Waals surface area contributed by atoms with E-state index in [1.165, 1.54) is 11.1 Å². The Morgan fingerprint density at radius 2 is 2.05 bits per heavy atom. The Labute approximate surface area is 126 Å². The Bertz CT molecular complexity index is 708. The van der Waals surface area contributed by atoms with Gasteiger partial charge in [-0.25, -0.2) is 4.39 Å². The van der Waals surface area contributed by atoms with Crippen LogP contribution in [0.5, 0.6) is 0 Å². The van der Waals surface area contributed by atoms with Gasteiger partial charge in [-0.2, -0.15) is 0 Å². The molecule has 0 aliphatic carbocycles. The Kier molecular flexibility index (Phi) is 3.78. The van der Waals surface area contributed by atoms with E-state index in [9.17, 15) is 14.0 Å². The van der Waals surface area contributed by atoms with Gasteiger partial charge >= 0.3 is 0 Å². The molecule has 0 unspecified atom stereocenters. The second-order valence-corrected chi connectivity index (χ2v) is 4.88. The quantitative estimate of drug-likeness (QED) is 0.833. The Balaban J connectivity index is 1.73. The molecule has 0 radical (unpaired) electrons. The molecule has 0 aromatic carbocycles. The zero-order chi connectivity index (χ0) is 15.5.